The Morgan fingerprint density at radius 3 is 1.95 bits per heavy atom. The zero-order valence-corrected chi connectivity index (χ0v) is 15.0. The van der Waals surface area contributed by atoms with Gasteiger partial charge in [0.25, 0.3) is 0 Å². The molecule has 0 amide bonds. The van der Waals surface area contributed by atoms with Crippen molar-refractivity contribution in [1.82, 2.24) is 5.32 Å². The third-order valence-corrected chi connectivity index (χ3v) is 6.60. The highest BCUT2D eigenvalue weighted by molar-refractivity contribution is 5.85. The molecule has 0 aromatic carbocycles. The van der Waals surface area contributed by atoms with Gasteiger partial charge in [0, 0.05) is 11.6 Å². The molecule has 2 atom stereocenters. The lowest BCUT2D eigenvalue weighted by molar-refractivity contribution is 0.0625. The van der Waals surface area contributed by atoms with Gasteiger partial charge in [-0.25, -0.2) is 0 Å². The second-order valence-electron chi connectivity index (χ2n) is 8.03. The van der Waals surface area contributed by atoms with Crippen molar-refractivity contribution < 1.29 is 0 Å². The Morgan fingerprint density at radius 1 is 0.800 bits per heavy atom. The summed E-state index contributed by atoms with van der Waals surface area (Å²) >= 11 is 0. The molecular formula is C18H36ClN. The Kier molecular flexibility index (Phi) is 6.86. The summed E-state index contributed by atoms with van der Waals surface area (Å²) in [5, 5.41) is 4.13. The largest absolute Gasteiger partial charge is 0.308 e. The van der Waals surface area contributed by atoms with Gasteiger partial charge in [0.1, 0.15) is 0 Å². The van der Waals surface area contributed by atoms with Crippen molar-refractivity contribution in [2.75, 3.05) is 0 Å². The molecule has 0 aromatic rings. The number of hydrogen-bond donors (Lipinski definition) is 1. The fourth-order valence-electron chi connectivity index (χ4n) is 4.29. The second-order valence-corrected chi connectivity index (χ2v) is 8.03. The highest BCUT2D eigenvalue weighted by Gasteiger charge is 2.46. The fourth-order valence-corrected chi connectivity index (χ4v) is 4.29. The SMILES string of the molecule is CC1CCCCC(C)(NC2CCCCCC2)C1(C)C.Cl. The Bertz CT molecular complexity index is 281. The average Bonchev–Trinajstić information content (AvgIpc) is 2.66. The summed E-state index contributed by atoms with van der Waals surface area (Å²) < 4.78 is 0. The minimum Gasteiger partial charge on any atom is -0.308 e. The molecule has 0 spiro atoms. The maximum Gasteiger partial charge on any atom is 0.0209 e. The van der Waals surface area contributed by atoms with Crippen LogP contribution in [0.4, 0.5) is 0 Å². The Morgan fingerprint density at radius 2 is 1.35 bits per heavy atom. The molecule has 2 unspecified atom stereocenters. The molecule has 0 saturated heterocycles. The lowest BCUT2D eigenvalue weighted by atomic mass is 9.64. The molecule has 2 heteroatoms. The van der Waals surface area contributed by atoms with Gasteiger partial charge in [0.15, 0.2) is 0 Å². The van der Waals surface area contributed by atoms with E-state index in [0.717, 1.165) is 12.0 Å². The molecule has 2 rings (SSSR count). The normalized spacial score (nSPS) is 35.7. The van der Waals surface area contributed by atoms with Gasteiger partial charge in [-0.15, -0.1) is 12.4 Å². The average molecular weight is 302 g/mol. The molecule has 2 aliphatic carbocycles. The van der Waals surface area contributed by atoms with Crippen LogP contribution in [-0.2, 0) is 0 Å². The first kappa shape index (κ1) is 18.3. The zero-order valence-electron chi connectivity index (χ0n) is 14.1. The first-order chi connectivity index (χ1) is 8.96. The summed E-state index contributed by atoms with van der Waals surface area (Å²) in [7, 11) is 0. The summed E-state index contributed by atoms with van der Waals surface area (Å²) in [5.74, 6) is 0.832. The van der Waals surface area contributed by atoms with E-state index < -0.39 is 0 Å². The molecule has 0 bridgehead atoms. The van der Waals surface area contributed by atoms with Crippen molar-refractivity contribution in [3.63, 3.8) is 0 Å². The minimum atomic E-state index is 0. The van der Waals surface area contributed by atoms with Crippen molar-refractivity contribution in [2.45, 2.75) is 103 Å². The van der Waals surface area contributed by atoms with Gasteiger partial charge in [-0.05, 0) is 37.5 Å². The van der Waals surface area contributed by atoms with E-state index in [4.69, 9.17) is 0 Å². The van der Waals surface area contributed by atoms with Crippen molar-refractivity contribution in [2.24, 2.45) is 11.3 Å². The molecule has 0 aliphatic heterocycles. The molecule has 2 saturated carbocycles. The molecule has 20 heavy (non-hydrogen) atoms. The van der Waals surface area contributed by atoms with E-state index in [9.17, 15) is 0 Å². The summed E-state index contributed by atoms with van der Waals surface area (Å²) in [6, 6.07) is 0.775. The van der Waals surface area contributed by atoms with Crippen LogP contribution in [0, 0.1) is 11.3 Å². The molecule has 0 aromatic heterocycles. The minimum absolute atomic E-state index is 0. The quantitative estimate of drug-likeness (QED) is 0.644. The van der Waals surface area contributed by atoms with Crippen molar-refractivity contribution in [3.8, 4) is 0 Å². The van der Waals surface area contributed by atoms with Gasteiger partial charge in [-0.2, -0.15) is 0 Å². The van der Waals surface area contributed by atoms with Crippen LogP contribution in [0.25, 0.3) is 0 Å². The lowest BCUT2D eigenvalue weighted by Crippen LogP contribution is -2.58. The molecule has 0 heterocycles. The van der Waals surface area contributed by atoms with Crippen molar-refractivity contribution >= 4 is 12.4 Å². The fraction of sp³-hybridized carbons (Fsp3) is 1.00. The molecule has 1 nitrogen and oxygen atoms in total. The summed E-state index contributed by atoms with van der Waals surface area (Å²) in [6.45, 7) is 10.00. The first-order valence-corrected chi connectivity index (χ1v) is 8.73. The van der Waals surface area contributed by atoms with E-state index in [1.54, 1.807) is 0 Å². The Balaban J connectivity index is 0.00000200. The summed E-state index contributed by atoms with van der Waals surface area (Å²) in [4.78, 5) is 0. The number of hydrogen-bond acceptors (Lipinski definition) is 1. The maximum atomic E-state index is 4.13. The van der Waals surface area contributed by atoms with E-state index in [1.807, 2.05) is 0 Å². The van der Waals surface area contributed by atoms with E-state index >= 15 is 0 Å². The third kappa shape index (κ3) is 3.91. The van der Waals surface area contributed by atoms with Gasteiger partial charge in [0.2, 0.25) is 0 Å². The summed E-state index contributed by atoms with van der Waals surface area (Å²) in [5.41, 5.74) is 0.744. The monoisotopic (exact) mass is 301 g/mol. The van der Waals surface area contributed by atoms with Gasteiger partial charge >= 0.3 is 0 Å². The van der Waals surface area contributed by atoms with Crippen LogP contribution in [-0.4, -0.2) is 11.6 Å². The smallest absolute Gasteiger partial charge is 0.0209 e. The molecular weight excluding hydrogens is 266 g/mol. The number of rotatable bonds is 2. The topological polar surface area (TPSA) is 12.0 Å². The Hall–Kier alpha value is 0.250. The van der Waals surface area contributed by atoms with Gasteiger partial charge in [0.05, 0.1) is 0 Å². The van der Waals surface area contributed by atoms with Gasteiger partial charge < -0.3 is 5.32 Å². The van der Waals surface area contributed by atoms with Crippen LogP contribution in [0.5, 0.6) is 0 Å². The molecule has 0 radical (unpaired) electrons. The summed E-state index contributed by atoms with van der Waals surface area (Å²) in [6.07, 6.45) is 14.2. The Labute approximate surface area is 133 Å². The van der Waals surface area contributed by atoms with Crippen LogP contribution in [0.2, 0.25) is 0 Å². The van der Waals surface area contributed by atoms with Crippen LogP contribution in [0.1, 0.15) is 91.9 Å². The zero-order chi connectivity index (χ0) is 13.9. The van der Waals surface area contributed by atoms with Crippen LogP contribution < -0.4 is 5.32 Å². The predicted octanol–water partition coefficient (Wildman–Crippen LogP) is 5.72. The molecule has 1 N–H and O–H groups in total. The number of halogens is 1. The van der Waals surface area contributed by atoms with Gasteiger partial charge in [-0.3, -0.25) is 0 Å². The standard InChI is InChI=1S/C18H35N.ClH/c1-15-11-9-10-14-18(4,17(15,2)3)19-16-12-7-5-6-8-13-16;/h15-16,19H,5-14H2,1-4H3;1H. The van der Waals surface area contributed by atoms with E-state index in [1.165, 1.54) is 64.2 Å². The highest BCUT2D eigenvalue weighted by atomic mass is 35.5. The molecule has 2 aliphatic rings. The van der Waals surface area contributed by atoms with Crippen LogP contribution in [0.15, 0.2) is 0 Å². The molecule has 2 fully saturated rings. The van der Waals surface area contributed by atoms with E-state index in [2.05, 4.69) is 33.0 Å². The van der Waals surface area contributed by atoms with Crippen molar-refractivity contribution in [3.05, 3.63) is 0 Å². The van der Waals surface area contributed by atoms with E-state index in [0.29, 0.717) is 11.0 Å². The molecule has 120 valence electrons. The predicted molar refractivity (Wildman–Crippen MR) is 91.7 cm³/mol. The third-order valence-electron chi connectivity index (χ3n) is 6.60. The van der Waals surface area contributed by atoms with E-state index in [-0.39, 0.29) is 12.4 Å². The lowest BCUT2D eigenvalue weighted by Gasteiger charge is -2.49. The maximum absolute atomic E-state index is 4.13. The van der Waals surface area contributed by atoms with Crippen molar-refractivity contribution in [1.29, 1.82) is 0 Å². The second kappa shape index (κ2) is 7.49. The van der Waals surface area contributed by atoms with Crippen LogP contribution >= 0.6 is 12.4 Å². The highest BCUT2D eigenvalue weighted by Crippen LogP contribution is 2.46. The van der Waals surface area contributed by atoms with Crippen LogP contribution in [0.3, 0.4) is 0 Å². The first-order valence-electron chi connectivity index (χ1n) is 8.73. The number of nitrogens with one attached hydrogen (secondary N) is 1. The van der Waals surface area contributed by atoms with Gasteiger partial charge in [-0.1, -0.05) is 65.7 Å².